The van der Waals surface area contributed by atoms with Crippen molar-refractivity contribution in [2.45, 2.75) is 18.9 Å². The van der Waals surface area contributed by atoms with Crippen LogP contribution in [0.2, 0.25) is 0 Å². The molecule has 78 valence electrons. The summed E-state index contributed by atoms with van der Waals surface area (Å²) in [5.41, 5.74) is 6.74. The zero-order valence-electron chi connectivity index (χ0n) is 7.71. The lowest BCUT2D eigenvalue weighted by atomic mass is 10.0. The third-order valence-electron chi connectivity index (χ3n) is 2.04. The van der Waals surface area contributed by atoms with E-state index in [0.29, 0.717) is 17.3 Å². The first-order chi connectivity index (χ1) is 6.65. The number of halogens is 2. The molecule has 0 aliphatic heterocycles. The summed E-state index contributed by atoms with van der Waals surface area (Å²) in [6, 6.07) is 4.30. The quantitative estimate of drug-likeness (QED) is 0.874. The summed E-state index contributed by atoms with van der Waals surface area (Å²) in [6.45, 7) is 0.131. The first-order valence-corrected chi connectivity index (χ1v) is 5.26. The SMILES string of the molecule is N[C@@H](CCCO)c1ccc(F)cc1Br. The van der Waals surface area contributed by atoms with Crippen molar-refractivity contribution in [1.82, 2.24) is 0 Å². The van der Waals surface area contributed by atoms with Crippen LogP contribution in [0.5, 0.6) is 0 Å². The summed E-state index contributed by atoms with van der Waals surface area (Å²) in [5, 5.41) is 8.65. The fraction of sp³-hybridized carbons (Fsp3) is 0.400. The van der Waals surface area contributed by atoms with Crippen LogP contribution in [0.4, 0.5) is 4.39 Å². The molecular formula is C10H13BrFNO. The highest BCUT2D eigenvalue weighted by Gasteiger charge is 2.09. The maximum absolute atomic E-state index is 12.8. The van der Waals surface area contributed by atoms with Gasteiger partial charge in [0.25, 0.3) is 0 Å². The van der Waals surface area contributed by atoms with Crippen LogP contribution in [0.1, 0.15) is 24.4 Å². The van der Waals surface area contributed by atoms with Crippen molar-refractivity contribution in [2.75, 3.05) is 6.61 Å². The Morgan fingerprint density at radius 1 is 1.50 bits per heavy atom. The van der Waals surface area contributed by atoms with E-state index in [1.807, 2.05) is 0 Å². The molecule has 1 rings (SSSR count). The first-order valence-electron chi connectivity index (χ1n) is 4.46. The highest BCUT2D eigenvalue weighted by atomic mass is 79.9. The molecule has 2 nitrogen and oxygen atoms in total. The molecule has 0 aliphatic carbocycles. The molecule has 1 atom stereocenters. The second kappa shape index (κ2) is 5.44. The molecule has 0 fully saturated rings. The standard InChI is InChI=1S/C10H13BrFNO/c11-9-6-7(12)3-4-8(9)10(13)2-1-5-14/h3-4,6,10,14H,1-2,5,13H2/t10-/m0/s1. The largest absolute Gasteiger partial charge is 0.396 e. The Morgan fingerprint density at radius 3 is 2.79 bits per heavy atom. The minimum absolute atomic E-state index is 0.131. The van der Waals surface area contributed by atoms with Gasteiger partial charge in [0.15, 0.2) is 0 Å². The van der Waals surface area contributed by atoms with E-state index in [-0.39, 0.29) is 18.5 Å². The number of aliphatic hydroxyl groups is 1. The topological polar surface area (TPSA) is 46.2 Å². The molecule has 0 saturated heterocycles. The summed E-state index contributed by atoms with van der Waals surface area (Å²) in [6.07, 6.45) is 1.35. The van der Waals surface area contributed by atoms with Gasteiger partial charge in [0.1, 0.15) is 5.82 Å². The summed E-state index contributed by atoms with van der Waals surface area (Å²) in [7, 11) is 0. The Balaban J connectivity index is 2.74. The van der Waals surface area contributed by atoms with Gasteiger partial charge in [-0.1, -0.05) is 22.0 Å². The molecule has 1 aromatic carbocycles. The van der Waals surface area contributed by atoms with Crippen LogP contribution < -0.4 is 5.73 Å². The van der Waals surface area contributed by atoms with E-state index in [1.54, 1.807) is 6.07 Å². The lowest BCUT2D eigenvalue weighted by Gasteiger charge is -2.12. The minimum atomic E-state index is -0.282. The van der Waals surface area contributed by atoms with Gasteiger partial charge in [-0.15, -0.1) is 0 Å². The van der Waals surface area contributed by atoms with Gasteiger partial charge in [-0.3, -0.25) is 0 Å². The third-order valence-corrected chi connectivity index (χ3v) is 2.72. The van der Waals surface area contributed by atoms with Crippen molar-refractivity contribution in [2.24, 2.45) is 5.73 Å². The molecule has 0 bridgehead atoms. The number of nitrogens with two attached hydrogens (primary N) is 1. The fourth-order valence-corrected chi connectivity index (χ4v) is 1.91. The van der Waals surface area contributed by atoms with Crippen molar-refractivity contribution in [3.63, 3.8) is 0 Å². The average molecular weight is 262 g/mol. The summed E-state index contributed by atoms with van der Waals surface area (Å²) >= 11 is 3.26. The van der Waals surface area contributed by atoms with Gasteiger partial charge < -0.3 is 10.8 Å². The van der Waals surface area contributed by atoms with Crippen molar-refractivity contribution >= 4 is 15.9 Å². The Kier molecular flexibility index (Phi) is 4.51. The van der Waals surface area contributed by atoms with Gasteiger partial charge in [0, 0.05) is 17.1 Å². The minimum Gasteiger partial charge on any atom is -0.396 e. The van der Waals surface area contributed by atoms with Gasteiger partial charge in [-0.25, -0.2) is 4.39 Å². The van der Waals surface area contributed by atoms with Gasteiger partial charge >= 0.3 is 0 Å². The molecule has 0 spiro atoms. The van der Waals surface area contributed by atoms with E-state index in [1.165, 1.54) is 12.1 Å². The van der Waals surface area contributed by atoms with Crippen LogP contribution in [0.15, 0.2) is 22.7 Å². The van der Waals surface area contributed by atoms with Crippen LogP contribution in [0.25, 0.3) is 0 Å². The second-order valence-corrected chi connectivity index (χ2v) is 3.99. The zero-order chi connectivity index (χ0) is 10.6. The molecule has 0 saturated carbocycles. The van der Waals surface area contributed by atoms with E-state index in [0.717, 1.165) is 5.56 Å². The molecule has 3 N–H and O–H groups in total. The maximum Gasteiger partial charge on any atom is 0.124 e. The van der Waals surface area contributed by atoms with E-state index in [9.17, 15) is 4.39 Å². The Bertz CT molecular complexity index is 306. The van der Waals surface area contributed by atoms with E-state index < -0.39 is 0 Å². The lowest BCUT2D eigenvalue weighted by molar-refractivity contribution is 0.280. The molecule has 14 heavy (non-hydrogen) atoms. The van der Waals surface area contributed by atoms with Gasteiger partial charge in [-0.05, 0) is 30.5 Å². The Labute approximate surface area is 91.1 Å². The monoisotopic (exact) mass is 261 g/mol. The second-order valence-electron chi connectivity index (χ2n) is 3.14. The predicted octanol–water partition coefficient (Wildman–Crippen LogP) is 2.36. The van der Waals surface area contributed by atoms with E-state index in [4.69, 9.17) is 10.8 Å². The van der Waals surface area contributed by atoms with Gasteiger partial charge in [0.05, 0.1) is 0 Å². The fourth-order valence-electron chi connectivity index (χ4n) is 1.27. The van der Waals surface area contributed by atoms with Crippen LogP contribution in [-0.4, -0.2) is 11.7 Å². The summed E-state index contributed by atoms with van der Waals surface area (Å²) in [5.74, 6) is -0.282. The molecule has 0 radical (unpaired) electrons. The molecule has 0 unspecified atom stereocenters. The van der Waals surface area contributed by atoms with E-state index in [2.05, 4.69) is 15.9 Å². The number of aliphatic hydroxyl groups excluding tert-OH is 1. The van der Waals surface area contributed by atoms with Crippen molar-refractivity contribution in [3.8, 4) is 0 Å². The summed E-state index contributed by atoms with van der Waals surface area (Å²) in [4.78, 5) is 0. The van der Waals surface area contributed by atoms with E-state index >= 15 is 0 Å². The summed E-state index contributed by atoms with van der Waals surface area (Å²) < 4.78 is 13.4. The highest BCUT2D eigenvalue weighted by molar-refractivity contribution is 9.10. The molecule has 0 amide bonds. The maximum atomic E-state index is 12.8. The third kappa shape index (κ3) is 3.04. The zero-order valence-corrected chi connectivity index (χ0v) is 9.30. The number of benzene rings is 1. The number of rotatable bonds is 4. The molecule has 0 heterocycles. The van der Waals surface area contributed by atoms with Crippen LogP contribution in [0.3, 0.4) is 0 Å². The average Bonchev–Trinajstić information content (AvgIpc) is 2.14. The number of hydrogen-bond donors (Lipinski definition) is 2. The molecule has 0 aliphatic rings. The van der Waals surface area contributed by atoms with Crippen molar-refractivity contribution in [1.29, 1.82) is 0 Å². The van der Waals surface area contributed by atoms with Gasteiger partial charge in [0.2, 0.25) is 0 Å². The molecule has 1 aromatic rings. The molecule has 0 aromatic heterocycles. The van der Waals surface area contributed by atoms with Crippen LogP contribution in [0, 0.1) is 5.82 Å². The molecule has 4 heteroatoms. The van der Waals surface area contributed by atoms with Crippen molar-refractivity contribution in [3.05, 3.63) is 34.1 Å². The first kappa shape index (κ1) is 11.6. The smallest absolute Gasteiger partial charge is 0.124 e. The Hall–Kier alpha value is -0.450. The van der Waals surface area contributed by atoms with Gasteiger partial charge in [-0.2, -0.15) is 0 Å². The lowest BCUT2D eigenvalue weighted by Crippen LogP contribution is -2.11. The van der Waals surface area contributed by atoms with Crippen LogP contribution >= 0.6 is 15.9 Å². The van der Waals surface area contributed by atoms with Crippen molar-refractivity contribution < 1.29 is 9.50 Å². The molecular weight excluding hydrogens is 249 g/mol. The number of hydrogen-bond acceptors (Lipinski definition) is 2. The highest BCUT2D eigenvalue weighted by Crippen LogP contribution is 2.25. The Morgan fingerprint density at radius 2 is 2.21 bits per heavy atom. The normalized spacial score (nSPS) is 12.9. The van der Waals surface area contributed by atoms with Crippen LogP contribution in [-0.2, 0) is 0 Å². The predicted molar refractivity (Wildman–Crippen MR) is 57.3 cm³/mol.